The number of hydrogen-bond donors (Lipinski definition) is 1. The van der Waals surface area contributed by atoms with E-state index < -0.39 is 11.5 Å². The van der Waals surface area contributed by atoms with E-state index in [1.807, 2.05) is 24.5 Å². The summed E-state index contributed by atoms with van der Waals surface area (Å²) in [6, 6.07) is 14.4. The Hall–Kier alpha value is -2.73. The van der Waals surface area contributed by atoms with Crippen LogP contribution in [0.5, 0.6) is 5.75 Å². The fraction of sp³-hybridized carbons (Fsp3) is 0.158. The van der Waals surface area contributed by atoms with Crippen LogP contribution < -0.4 is 10.5 Å². The first-order valence-corrected chi connectivity index (χ1v) is 8.91. The zero-order valence-electron chi connectivity index (χ0n) is 14.2. The molecule has 1 N–H and O–H groups in total. The molecule has 0 aliphatic rings. The summed E-state index contributed by atoms with van der Waals surface area (Å²) in [7, 11) is 3.19. The lowest BCUT2D eigenvalue weighted by Crippen LogP contribution is -2.34. The highest BCUT2D eigenvalue weighted by atomic mass is 32.2. The Morgan fingerprint density at radius 1 is 1.16 bits per heavy atom. The number of amides is 1. The molecule has 0 atom stereocenters. The minimum absolute atomic E-state index is 0.224. The quantitative estimate of drug-likeness (QED) is 0.734. The Labute approximate surface area is 149 Å². The van der Waals surface area contributed by atoms with E-state index in [4.69, 9.17) is 0 Å². The van der Waals surface area contributed by atoms with Gasteiger partial charge in [-0.1, -0.05) is 18.2 Å². The van der Waals surface area contributed by atoms with E-state index in [1.165, 1.54) is 9.47 Å². The molecule has 25 heavy (non-hydrogen) atoms. The third-order valence-corrected chi connectivity index (χ3v) is 4.96. The van der Waals surface area contributed by atoms with Gasteiger partial charge in [-0.05, 0) is 36.6 Å². The van der Waals surface area contributed by atoms with E-state index >= 15 is 0 Å². The molecule has 0 saturated carbocycles. The van der Waals surface area contributed by atoms with E-state index in [0.717, 1.165) is 4.90 Å². The molecule has 0 radical (unpaired) electrons. The third-order valence-electron chi connectivity index (χ3n) is 4.24. The van der Waals surface area contributed by atoms with E-state index in [2.05, 4.69) is 0 Å². The minimum atomic E-state index is -0.542. The molecule has 0 aliphatic carbocycles. The normalized spacial score (nSPS) is 10.8. The summed E-state index contributed by atoms with van der Waals surface area (Å²) < 4.78 is 1.40. The number of aryl methyl sites for hydroxylation is 1. The van der Waals surface area contributed by atoms with Crippen molar-refractivity contribution in [2.45, 2.75) is 4.90 Å². The van der Waals surface area contributed by atoms with Crippen molar-refractivity contribution in [1.29, 1.82) is 0 Å². The number of anilines is 1. The maximum absolute atomic E-state index is 12.9. The summed E-state index contributed by atoms with van der Waals surface area (Å²) in [5.74, 6) is -0.821. The average molecular weight is 354 g/mol. The second-order valence-electron chi connectivity index (χ2n) is 5.67. The summed E-state index contributed by atoms with van der Waals surface area (Å²) in [5, 5.41) is 11.1. The molecular formula is C19H18N2O3S. The van der Waals surface area contributed by atoms with Crippen molar-refractivity contribution in [3.63, 3.8) is 0 Å². The molecule has 5 nitrogen and oxygen atoms in total. The lowest BCUT2D eigenvalue weighted by Gasteiger charge is -2.19. The van der Waals surface area contributed by atoms with Gasteiger partial charge >= 0.3 is 0 Å². The highest BCUT2D eigenvalue weighted by Gasteiger charge is 2.24. The van der Waals surface area contributed by atoms with Crippen LogP contribution in [0.3, 0.4) is 0 Å². The van der Waals surface area contributed by atoms with Crippen LogP contribution >= 0.6 is 11.8 Å². The largest absolute Gasteiger partial charge is 0.506 e. The summed E-state index contributed by atoms with van der Waals surface area (Å²) in [4.78, 5) is 27.9. The second-order valence-corrected chi connectivity index (χ2v) is 6.55. The lowest BCUT2D eigenvalue weighted by molar-refractivity contribution is 0.0988. The van der Waals surface area contributed by atoms with Gasteiger partial charge in [0.15, 0.2) is 0 Å². The zero-order valence-corrected chi connectivity index (χ0v) is 15.0. The summed E-state index contributed by atoms with van der Waals surface area (Å²) in [6.07, 6.45) is 1.94. The number of aromatic hydroxyl groups is 1. The molecule has 0 saturated heterocycles. The van der Waals surface area contributed by atoms with Crippen molar-refractivity contribution >= 4 is 34.3 Å². The van der Waals surface area contributed by atoms with Crippen molar-refractivity contribution < 1.29 is 9.90 Å². The number of benzene rings is 2. The molecule has 1 amide bonds. The van der Waals surface area contributed by atoms with Crippen LogP contribution in [0.2, 0.25) is 0 Å². The standard InChI is InChI=1S/C19H18N2O3S/c1-20(12-7-5-4-6-8-12)18(23)16-17(22)14-10-9-13(25-3)11-15(14)21(2)19(16)24/h4-11,22H,1-3H3. The van der Waals surface area contributed by atoms with Gasteiger partial charge in [-0.2, -0.15) is 0 Å². The van der Waals surface area contributed by atoms with E-state index in [9.17, 15) is 14.7 Å². The molecule has 2 aromatic carbocycles. The lowest BCUT2D eigenvalue weighted by atomic mass is 10.1. The van der Waals surface area contributed by atoms with Gasteiger partial charge in [0, 0.05) is 30.1 Å². The van der Waals surface area contributed by atoms with Crippen LogP contribution in [-0.4, -0.2) is 28.9 Å². The number of pyridine rings is 1. The number of nitrogens with zero attached hydrogens (tertiary/aromatic N) is 2. The van der Waals surface area contributed by atoms with Gasteiger partial charge in [0.05, 0.1) is 5.52 Å². The summed E-state index contributed by atoms with van der Waals surface area (Å²) >= 11 is 1.54. The van der Waals surface area contributed by atoms with Gasteiger partial charge < -0.3 is 14.6 Å². The molecule has 1 aromatic heterocycles. The number of fused-ring (bicyclic) bond motifs is 1. The highest BCUT2D eigenvalue weighted by Crippen LogP contribution is 2.30. The first-order valence-electron chi connectivity index (χ1n) is 7.68. The Morgan fingerprint density at radius 3 is 2.48 bits per heavy atom. The maximum atomic E-state index is 12.9. The Bertz CT molecular complexity index is 1010. The molecule has 0 bridgehead atoms. The molecule has 0 aliphatic heterocycles. The van der Waals surface area contributed by atoms with Crippen molar-refractivity contribution in [3.8, 4) is 5.75 Å². The molecule has 0 spiro atoms. The van der Waals surface area contributed by atoms with Gasteiger partial charge in [-0.25, -0.2) is 0 Å². The van der Waals surface area contributed by atoms with E-state index in [-0.39, 0.29) is 11.3 Å². The number of para-hydroxylation sites is 1. The van der Waals surface area contributed by atoms with Crippen LogP contribution in [0.4, 0.5) is 5.69 Å². The molecule has 3 rings (SSSR count). The highest BCUT2D eigenvalue weighted by molar-refractivity contribution is 7.98. The number of carbonyl (C=O) groups is 1. The summed E-state index contributed by atoms with van der Waals surface area (Å²) in [5.41, 5.74) is 0.495. The summed E-state index contributed by atoms with van der Waals surface area (Å²) in [6.45, 7) is 0. The molecule has 0 unspecified atom stereocenters. The molecule has 128 valence electrons. The molecule has 6 heteroatoms. The maximum Gasteiger partial charge on any atom is 0.267 e. The number of aromatic nitrogens is 1. The number of carbonyl (C=O) groups excluding carboxylic acids is 1. The minimum Gasteiger partial charge on any atom is -0.506 e. The fourth-order valence-electron chi connectivity index (χ4n) is 2.76. The van der Waals surface area contributed by atoms with Crippen LogP contribution in [0.15, 0.2) is 58.2 Å². The monoisotopic (exact) mass is 354 g/mol. The Balaban J connectivity index is 2.20. The predicted molar refractivity (Wildman–Crippen MR) is 102 cm³/mol. The second kappa shape index (κ2) is 6.64. The number of rotatable bonds is 3. The van der Waals surface area contributed by atoms with Crippen LogP contribution in [-0.2, 0) is 7.05 Å². The van der Waals surface area contributed by atoms with Crippen LogP contribution in [0.1, 0.15) is 10.4 Å². The average Bonchev–Trinajstić information content (AvgIpc) is 2.65. The van der Waals surface area contributed by atoms with Gasteiger partial charge in [-0.3, -0.25) is 9.59 Å². The SMILES string of the molecule is CSc1ccc2c(O)c(C(=O)N(C)c3ccccc3)c(=O)n(C)c2c1. The topological polar surface area (TPSA) is 62.5 Å². The van der Waals surface area contributed by atoms with Gasteiger partial charge in [-0.15, -0.1) is 11.8 Å². The molecular weight excluding hydrogens is 336 g/mol. The van der Waals surface area contributed by atoms with Crippen LogP contribution in [0.25, 0.3) is 10.9 Å². The molecule has 0 fully saturated rings. The fourth-order valence-corrected chi connectivity index (χ4v) is 3.19. The smallest absolute Gasteiger partial charge is 0.267 e. The van der Waals surface area contributed by atoms with Crippen molar-refractivity contribution in [2.24, 2.45) is 7.05 Å². The Morgan fingerprint density at radius 2 is 1.84 bits per heavy atom. The number of hydrogen-bond acceptors (Lipinski definition) is 4. The molecule has 3 aromatic rings. The third kappa shape index (κ3) is 2.89. The van der Waals surface area contributed by atoms with Gasteiger partial charge in [0.2, 0.25) is 0 Å². The van der Waals surface area contributed by atoms with Crippen molar-refractivity contribution in [2.75, 3.05) is 18.2 Å². The van der Waals surface area contributed by atoms with Gasteiger partial charge in [0.25, 0.3) is 11.5 Å². The van der Waals surface area contributed by atoms with E-state index in [0.29, 0.717) is 16.6 Å². The zero-order chi connectivity index (χ0) is 18.1. The van der Waals surface area contributed by atoms with E-state index in [1.54, 1.807) is 56.2 Å². The van der Waals surface area contributed by atoms with Crippen molar-refractivity contribution in [1.82, 2.24) is 4.57 Å². The first-order chi connectivity index (χ1) is 12.0. The predicted octanol–water partition coefficient (Wildman–Crippen LogP) is 3.24. The molecule has 1 heterocycles. The van der Waals surface area contributed by atoms with Crippen molar-refractivity contribution in [3.05, 3.63) is 64.4 Å². The number of thioether (sulfide) groups is 1. The first kappa shape index (κ1) is 17.1. The Kier molecular flexibility index (Phi) is 4.55. The van der Waals surface area contributed by atoms with Gasteiger partial charge in [0.1, 0.15) is 11.3 Å². The van der Waals surface area contributed by atoms with Crippen LogP contribution in [0, 0.1) is 0 Å².